The van der Waals surface area contributed by atoms with Crippen LogP contribution in [0.5, 0.6) is 0 Å². The molecule has 1 heterocycles. The molecule has 1 aromatic heterocycles. The molecule has 0 saturated heterocycles. The number of rotatable bonds is 15. The van der Waals surface area contributed by atoms with Crippen LogP contribution in [0.1, 0.15) is 45.9 Å². The third-order valence-corrected chi connectivity index (χ3v) is 6.08. The number of carbonyl (C=O) groups is 1. The molecule has 0 radical (unpaired) electrons. The van der Waals surface area contributed by atoms with Gasteiger partial charge in [-0.15, -0.1) is 0 Å². The largest absolute Gasteiger partial charge is 0.481 e. The minimum absolute atomic E-state index is 0.121. The van der Waals surface area contributed by atoms with Crippen molar-refractivity contribution in [1.29, 1.82) is 0 Å². The highest BCUT2D eigenvalue weighted by Gasteiger charge is 2.09. The minimum atomic E-state index is -0.806. The third-order valence-electron chi connectivity index (χ3n) is 5.53. The van der Waals surface area contributed by atoms with Gasteiger partial charge in [0.1, 0.15) is 5.82 Å². The van der Waals surface area contributed by atoms with Crippen molar-refractivity contribution in [3.63, 3.8) is 0 Å². The van der Waals surface area contributed by atoms with Crippen LogP contribution < -0.4 is 0 Å². The van der Waals surface area contributed by atoms with E-state index in [2.05, 4.69) is 13.2 Å². The SMILES string of the molecule is C=C/C=C(C/C=C\COCCCC(=O)O)/C(C)=C/C=C(C=C)/C=C/c1nc(-c2ccc(Cl)cc2Cl)cn1C.CC.FF. The summed E-state index contributed by atoms with van der Waals surface area (Å²) < 4.78 is 23.4. The molecular weight excluding hydrogens is 581 g/mol. The molecule has 0 atom stereocenters. The van der Waals surface area contributed by atoms with Crippen LogP contribution in [0.15, 0.2) is 103 Å². The van der Waals surface area contributed by atoms with E-state index in [9.17, 15) is 4.79 Å². The Morgan fingerprint density at radius 3 is 2.48 bits per heavy atom. The fourth-order valence-corrected chi connectivity index (χ4v) is 3.92. The molecule has 0 unspecified atom stereocenters. The number of aliphatic carboxylic acids is 1. The highest BCUT2D eigenvalue weighted by atomic mass is 35.5. The third kappa shape index (κ3) is 14.9. The maximum Gasteiger partial charge on any atom is 0.303 e. The monoisotopic (exact) mass is 620 g/mol. The van der Waals surface area contributed by atoms with Gasteiger partial charge in [0, 0.05) is 46.0 Å². The number of carboxylic acid groups (broad SMARTS) is 1. The first-order valence-electron chi connectivity index (χ1n) is 13.3. The Hall–Kier alpha value is -3.52. The van der Waals surface area contributed by atoms with Crippen LogP contribution in [-0.4, -0.2) is 33.8 Å². The number of aryl methyl sites for hydroxylation is 1. The van der Waals surface area contributed by atoms with E-state index >= 15 is 0 Å². The van der Waals surface area contributed by atoms with Crippen molar-refractivity contribution in [3.8, 4) is 11.3 Å². The van der Waals surface area contributed by atoms with E-state index < -0.39 is 5.97 Å². The Morgan fingerprint density at radius 2 is 1.86 bits per heavy atom. The van der Waals surface area contributed by atoms with Gasteiger partial charge < -0.3 is 14.4 Å². The van der Waals surface area contributed by atoms with E-state index in [0.29, 0.717) is 29.7 Å². The summed E-state index contributed by atoms with van der Waals surface area (Å²) in [6, 6.07) is 5.37. The van der Waals surface area contributed by atoms with Crippen LogP contribution in [0.4, 0.5) is 9.15 Å². The lowest BCUT2D eigenvalue weighted by molar-refractivity contribution is -0.137. The van der Waals surface area contributed by atoms with Gasteiger partial charge in [0.2, 0.25) is 0 Å². The molecule has 0 saturated carbocycles. The quantitative estimate of drug-likeness (QED) is 0.122. The number of hydrogen-bond donors (Lipinski definition) is 1. The highest BCUT2D eigenvalue weighted by molar-refractivity contribution is 6.36. The zero-order valence-electron chi connectivity index (χ0n) is 24.6. The van der Waals surface area contributed by atoms with Gasteiger partial charge in [-0.25, -0.2) is 4.98 Å². The van der Waals surface area contributed by atoms with Gasteiger partial charge >= 0.3 is 5.97 Å². The van der Waals surface area contributed by atoms with E-state index in [0.717, 1.165) is 40.2 Å². The smallest absolute Gasteiger partial charge is 0.303 e. The summed E-state index contributed by atoms with van der Waals surface area (Å²) in [4.78, 5) is 15.2. The normalized spacial score (nSPS) is 12.0. The van der Waals surface area contributed by atoms with Gasteiger partial charge in [-0.05, 0) is 60.8 Å². The molecule has 5 nitrogen and oxygen atoms in total. The Kier molecular flexibility index (Phi) is 21.2. The fraction of sp³-hybridized carbons (Fsp3) is 0.273. The summed E-state index contributed by atoms with van der Waals surface area (Å²) in [6.07, 6.45) is 20.8. The van der Waals surface area contributed by atoms with Crippen LogP contribution in [0.2, 0.25) is 10.0 Å². The van der Waals surface area contributed by atoms with Crippen LogP contribution in [0, 0.1) is 0 Å². The van der Waals surface area contributed by atoms with Crippen molar-refractivity contribution in [1.82, 2.24) is 9.55 Å². The summed E-state index contributed by atoms with van der Waals surface area (Å²) in [6.45, 7) is 14.7. The Labute approximate surface area is 258 Å². The number of imidazole rings is 1. The average molecular weight is 622 g/mol. The molecule has 0 aliphatic rings. The molecule has 42 heavy (non-hydrogen) atoms. The first-order chi connectivity index (χ1) is 20.2. The molecule has 1 N–H and O–H groups in total. The summed E-state index contributed by atoms with van der Waals surface area (Å²) in [5.74, 6) is -0.0259. The van der Waals surface area contributed by atoms with Crippen molar-refractivity contribution in [2.24, 2.45) is 7.05 Å². The van der Waals surface area contributed by atoms with E-state index in [1.807, 2.05) is 87.2 Å². The molecule has 228 valence electrons. The maximum atomic E-state index is 10.5. The maximum absolute atomic E-state index is 10.5. The molecule has 2 rings (SSSR count). The van der Waals surface area contributed by atoms with Crippen molar-refractivity contribution < 1.29 is 23.8 Å². The molecule has 0 spiro atoms. The summed E-state index contributed by atoms with van der Waals surface area (Å²) in [7, 11) is 1.93. The number of ether oxygens (including phenoxy) is 1. The summed E-state index contributed by atoms with van der Waals surface area (Å²) >= 11 is 12.4. The fourth-order valence-electron chi connectivity index (χ4n) is 3.41. The lowest BCUT2D eigenvalue weighted by atomic mass is 10.0. The molecule has 0 aliphatic heterocycles. The van der Waals surface area contributed by atoms with E-state index in [4.69, 9.17) is 47.2 Å². The Balaban J connectivity index is 0.00000402. The van der Waals surface area contributed by atoms with Gasteiger partial charge in [0.05, 0.1) is 17.3 Å². The highest BCUT2D eigenvalue weighted by Crippen LogP contribution is 2.29. The van der Waals surface area contributed by atoms with Crippen LogP contribution in [0.25, 0.3) is 17.3 Å². The van der Waals surface area contributed by atoms with Crippen LogP contribution in [-0.2, 0) is 16.6 Å². The Bertz CT molecular complexity index is 1290. The number of nitrogens with zero attached hydrogens (tertiary/aromatic N) is 2. The first-order valence-corrected chi connectivity index (χ1v) is 14.1. The zero-order chi connectivity index (χ0) is 31.9. The first kappa shape index (κ1) is 38.5. The van der Waals surface area contributed by atoms with E-state index in [-0.39, 0.29) is 6.42 Å². The molecule has 2 aromatic rings. The number of carboxylic acids is 1. The second-order valence-electron chi connectivity index (χ2n) is 8.45. The number of benzene rings is 1. The lowest BCUT2D eigenvalue weighted by Crippen LogP contribution is -1.99. The number of allylic oxidation sites excluding steroid dienone is 10. The molecule has 0 amide bonds. The van der Waals surface area contributed by atoms with Gasteiger partial charge in [-0.2, -0.15) is 0 Å². The predicted molar refractivity (Wildman–Crippen MR) is 173 cm³/mol. The van der Waals surface area contributed by atoms with Crippen molar-refractivity contribution >= 4 is 35.2 Å². The molecule has 1 aromatic carbocycles. The van der Waals surface area contributed by atoms with Gasteiger partial charge in [0.25, 0.3) is 0 Å². The second-order valence-corrected chi connectivity index (χ2v) is 9.29. The molecule has 9 heteroatoms. The number of halogens is 4. The molecule has 0 aliphatic carbocycles. The predicted octanol–water partition coefficient (Wildman–Crippen LogP) is 10.3. The zero-order valence-corrected chi connectivity index (χ0v) is 26.1. The summed E-state index contributed by atoms with van der Waals surface area (Å²) in [5.41, 5.74) is 4.75. The second kappa shape index (κ2) is 23.1. The van der Waals surface area contributed by atoms with E-state index in [1.54, 1.807) is 24.3 Å². The molecule has 0 fully saturated rings. The minimum Gasteiger partial charge on any atom is -0.481 e. The number of hydrogen-bond acceptors (Lipinski definition) is 3. The van der Waals surface area contributed by atoms with Crippen molar-refractivity contribution in [2.75, 3.05) is 13.2 Å². The van der Waals surface area contributed by atoms with Gasteiger partial charge in [0.15, 0.2) is 0 Å². The topological polar surface area (TPSA) is 64.3 Å². The molecule has 0 bridgehead atoms. The molecular formula is C33H40Cl2F2N2O3. The van der Waals surface area contributed by atoms with Gasteiger partial charge in [-0.1, -0.05) is 98.8 Å². The van der Waals surface area contributed by atoms with Crippen molar-refractivity contribution in [3.05, 3.63) is 119 Å². The van der Waals surface area contributed by atoms with Gasteiger partial charge in [-0.3, -0.25) is 4.79 Å². The van der Waals surface area contributed by atoms with Crippen LogP contribution in [0.3, 0.4) is 0 Å². The number of aromatic nitrogens is 2. The standard InChI is InChI=1S/C31H34Cl2N2O3.C2H6.F2/c1-5-10-25(11-7-8-19-38-20-9-12-31(36)37)23(3)13-14-24(6-2)15-18-30-34-29(22-35(30)4)27-17-16-26(32)21-28(27)33;2*1-2/h5-8,10,13-18,21-22H,1-2,9,11-12,19-20H2,3-4H3,(H,36,37);1-2H3;/b8-7-,18-15+,23-13+,24-14+,25-10+;;. The van der Waals surface area contributed by atoms with Crippen LogP contribution >= 0.6 is 23.2 Å². The lowest BCUT2D eigenvalue weighted by Gasteiger charge is -2.04. The van der Waals surface area contributed by atoms with Crippen molar-refractivity contribution in [2.45, 2.75) is 40.0 Å². The Morgan fingerprint density at radius 1 is 1.14 bits per heavy atom. The van der Waals surface area contributed by atoms with E-state index in [1.165, 1.54) is 0 Å². The average Bonchev–Trinajstić information content (AvgIpc) is 3.35. The summed E-state index contributed by atoms with van der Waals surface area (Å²) in [5, 5.41) is 9.79.